The first kappa shape index (κ1) is 9.72. The molecule has 0 atom stereocenters. The molecule has 0 aliphatic carbocycles. The van der Waals surface area contributed by atoms with Crippen molar-refractivity contribution in [3.63, 3.8) is 0 Å². The van der Waals surface area contributed by atoms with E-state index in [1.807, 2.05) is 0 Å². The normalized spacial score (nSPS) is 10.2. The predicted molar refractivity (Wildman–Crippen MR) is 54.8 cm³/mol. The highest BCUT2D eigenvalue weighted by atomic mass is 32.1. The van der Waals surface area contributed by atoms with Gasteiger partial charge in [0.05, 0.1) is 21.6 Å². The van der Waals surface area contributed by atoms with Crippen LogP contribution in [0, 0.1) is 6.92 Å². The van der Waals surface area contributed by atoms with Gasteiger partial charge in [0, 0.05) is 12.4 Å². The highest BCUT2D eigenvalue weighted by molar-refractivity contribution is 7.13. The number of carbonyl (C=O) groups is 1. The Morgan fingerprint density at radius 1 is 1.47 bits per heavy atom. The molecule has 0 aromatic carbocycles. The summed E-state index contributed by atoms with van der Waals surface area (Å²) < 4.78 is 0. The van der Waals surface area contributed by atoms with E-state index in [2.05, 4.69) is 15.0 Å². The molecule has 0 saturated heterocycles. The second-order valence-electron chi connectivity index (χ2n) is 2.86. The molecule has 0 bridgehead atoms. The SMILES string of the molecule is Cc1nc(-c2cncs2)ncc1C(=O)O. The first-order chi connectivity index (χ1) is 7.18. The molecule has 15 heavy (non-hydrogen) atoms. The zero-order valence-corrected chi connectivity index (χ0v) is 8.65. The van der Waals surface area contributed by atoms with Crippen LogP contribution in [-0.2, 0) is 0 Å². The number of carboxylic acids is 1. The quantitative estimate of drug-likeness (QED) is 0.833. The van der Waals surface area contributed by atoms with E-state index >= 15 is 0 Å². The molecule has 2 aromatic rings. The van der Waals surface area contributed by atoms with Crippen LogP contribution in [0.3, 0.4) is 0 Å². The average molecular weight is 221 g/mol. The van der Waals surface area contributed by atoms with E-state index in [-0.39, 0.29) is 5.56 Å². The Kier molecular flexibility index (Phi) is 2.42. The third kappa shape index (κ3) is 1.84. The summed E-state index contributed by atoms with van der Waals surface area (Å²) in [7, 11) is 0. The number of aryl methyl sites for hydroxylation is 1. The summed E-state index contributed by atoms with van der Waals surface area (Å²) in [5.74, 6) is -0.497. The lowest BCUT2D eigenvalue weighted by molar-refractivity contribution is 0.0695. The Labute approximate surface area is 89.5 Å². The second kappa shape index (κ2) is 3.74. The smallest absolute Gasteiger partial charge is 0.339 e. The van der Waals surface area contributed by atoms with Crippen LogP contribution >= 0.6 is 11.3 Å². The van der Waals surface area contributed by atoms with Gasteiger partial charge in [-0.2, -0.15) is 0 Å². The molecule has 0 saturated carbocycles. The van der Waals surface area contributed by atoms with Crippen LogP contribution < -0.4 is 0 Å². The van der Waals surface area contributed by atoms with Crippen molar-refractivity contribution in [1.29, 1.82) is 0 Å². The molecule has 0 aliphatic rings. The molecular formula is C9H7N3O2S. The van der Waals surface area contributed by atoms with Gasteiger partial charge in [0.2, 0.25) is 0 Å². The standard InChI is InChI=1S/C9H7N3O2S/c1-5-6(9(13)14)2-11-8(12-5)7-3-10-4-15-7/h2-4H,1H3,(H,13,14). The van der Waals surface area contributed by atoms with Gasteiger partial charge in [0.25, 0.3) is 0 Å². The number of hydrogen-bond donors (Lipinski definition) is 1. The Hall–Kier alpha value is -1.82. The highest BCUT2D eigenvalue weighted by Gasteiger charge is 2.11. The minimum Gasteiger partial charge on any atom is -0.478 e. The lowest BCUT2D eigenvalue weighted by Gasteiger charge is -2.00. The highest BCUT2D eigenvalue weighted by Crippen LogP contribution is 2.19. The molecule has 2 aromatic heterocycles. The summed E-state index contributed by atoms with van der Waals surface area (Å²) in [4.78, 5) is 23.6. The van der Waals surface area contributed by atoms with E-state index in [1.54, 1.807) is 18.6 Å². The number of carboxylic acid groups (broad SMARTS) is 1. The van der Waals surface area contributed by atoms with Crippen LogP contribution in [0.1, 0.15) is 16.1 Å². The fourth-order valence-corrected chi connectivity index (χ4v) is 1.68. The third-order valence-electron chi connectivity index (χ3n) is 1.86. The topological polar surface area (TPSA) is 76.0 Å². The van der Waals surface area contributed by atoms with Crippen molar-refractivity contribution in [2.24, 2.45) is 0 Å². The van der Waals surface area contributed by atoms with E-state index in [0.29, 0.717) is 11.5 Å². The van der Waals surface area contributed by atoms with Gasteiger partial charge in [0.1, 0.15) is 0 Å². The average Bonchev–Trinajstić information content (AvgIpc) is 2.69. The van der Waals surface area contributed by atoms with Gasteiger partial charge in [-0.3, -0.25) is 4.98 Å². The summed E-state index contributed by atoms with van der Waals surface area (Å²) in [5.41, 5.74) is 2.27. The van der Waals surface area contributed by atoms with Crippen molar-refractivity contribution in [3.8, 4) is 10.7 Å². The zero-order valence-electron chi connectivity index (χ0n) is 7.84. The van der Waals surface area contributed by atoms with Crippen LogP contribution in [-0.4, -0.2) is 26.0 Å². The minimum atomic E-state index is -1.01. The number of rotatable bonds is 2. The molecule has 0 amide bonds. The molecule has 2 rings (SSSR count). The maximum Gasteiger partial charge on any atom is 0.339 e. The fourth-order valence-electron chi connectivity index (χ4n) is 1.12. The molecule has 0 aliphatic heterocycles. The van der Waals surface area contributed by atoms with Gasteiger partial charge >= 0.3 is 5.97 Å². The van der Waals surface area contributed by atoms with Gasteiger partial charge in [-0.1, -0.05) is 0 Å². The van der Waals surface area contributed by atoms with Crippen molar-refractivity contribution in [2.45, 2.75) is 6.92 Å². The van der Waals surface area contributed by atoms with Gasteiger partial charge in [-0.05, 0) is 6.92 Å². The maximum atomic E-state index is 10.7. The molecule has 6 heteroatoms. The van der Waals surface area contributed by atoms with Crippen molar-refractivity contribution in [2.75, 3.05) is 0 Å². The maximum absolute atomic E-state index is 10.7. The van der Waals surface area contributed by atoms with Gasteiger partial charge in [-0.15, -0.1) is 11.3 Å². The minimum absolute atomic E-state index is 0.128. The fraction of sp³-hybridized carbons (Fsp3) is 0.111. The van der Waals surface area contributed by atoms with Crippen molar-refractivity contribution >= 4 is 17.3 Å². The molecule has 76 valence electrons. The lowest BCUT2D eigenvalue weighted by Crippen LogP contribution is -2.03. The molecule has 5 nitrogen and oxygen atoms in total. The Balaban J connectivity index is 2.47. The van der Waals surface area contributed by atoms with Gasteiger partial charge in [-0.25, -0.2) is 14.8 Å². The zero-order chi connectivity index (χ0) is 10.8. The van der Waals surface area contributed by atoms with Gasteiger partial charge < -0.3 is 5.11 Å². The van der Waals surface area contributed by atoms with Crippen molar-refractivity contribution in [1.82, 2.24) is 15.0 Å². The number of hydrogen-bond acceptors (Lipinski definition) is 5. The summed E-state index contributed by atoms with van der Waals surface area (Å²) in [6, 6.07) is 0. The Bertz CT molecular complexity index is 496. The largest absolute Gasteiger partial charge is 0.478 e. The molecular weight excluding hydrogens is 214 g/mol. The Morgan fingerprint density at radius 3 is 2.80 bits per heavy atom. The van der Waals surface area contributed by atoms with Crippen molar-refractivity contribution in [3.05, 3.63) is 29.2 Å². The second-order valence-corrected chi connectivity index (χ2v) is 3.75. The van der Waals surface area contributed by atoms with Crippen LogP contribution in [0.25, 0.3) is 10.7 Å². The third-order valence-corrected chi connectivity index (χ3v) is 2.63. The molecule has 0 fully saturated rings. The lowest BCUT2D eigenvalue weighted by atomic mass is 10.2. The molecule has 2 heterocycles. The van der Waals surface area contributed by atoms with E-state index < -0.39 is 5.97 Å². The summed E-state index contributed by atoms with van der Waals surface area (Å²) in [6.07, 6.45) is 2.97. The van der Waals surface area contributed by atoms with Crippen molar-refractivity contribution < 1.29 is 9.90 Å². The molecule has 1 N–H and O–H groups in total. The van der Waals surface area contributed by atoms with Crippen LogP contribution in [0.15, 0.2) is 17.9 Å². The van der Waals surface area contributed by atoms with Crippen LogP contribution in [0.4, 0.5) is 0 Å². The van der Waals surface area contributed by atoms with Gasteiger partial charge in [0.15, 0.2) is 5.82 Å². The van der Waals surface area contributed by atoms with E-state index in [1.165, 1.54) is 17.5 Å². The predicted octanol–water partition coefficient (Wildman–Crippen LogP) is 1.61. The van der Waals surface area contributed by atoms with Crippen LogP contribution in [0.5, 0.6) is 0 Å². The molecule has 0 radical (unpaired) electrons. The Morgan fingerprint density at radius 2 is 2.27 bits per heavy atom. The molecule has 0 spiro atoms. The first-order valence-corrected chi connectivity index (χ1v) is 5.02. The number of nitrogens with zero attached hydrogens (tertiary/aromatic N) is 3. The number of aromatic nitrogens is 3. The van der Waals surface area contributed by atoms with E-state index in [4.69, 9.17) is 5.11 Å². The first-order valence-electron chi connectivity index (χ1n) is 4.14. The monoisotopic (exact) mass is 221 g/mol. The van der Waals surface area contributed by atoms with E-state index in [9.17, 15) is 4.79 Å². The summed E-state index contributed by atoms with van der Waals surface area (Å²) in [6.45, 7) is 1.65. The van der Waals surface area contributed by atoms with E-state index in [0.717, 1.165) is 4.88 Å². The summed E-state index contributed by atoms with van der Waals surface area (Å²) in [5, 5.41) is 8.80. The molecule has 0 unspecified atom stereocenters. The summed E-state index contributed by atoms with van der Waals surface area (Å²) >= 11 is 1.42. The number of thiazole rings is 1. The number of aromatic carboxylic acids is 1. The van der Waals surface area contributed by atoms with Crippen LogP contribution in [0.2, 0.25) is 0 Å².